The summed E-state index contributed by atoms with van der Waals surface area (Å²) < 4.78 is 7.59. The third kappa shape index (κ3) is 3.41. The van der Waals surface area contributed by atoms with E-state index in [1.165, 1.54) is 0 Å². The molecule has 0 radical (unpaired) electrons. The molecule has 0 N–H and O–H groups in total. The van der Waals surface area contributed by atoms with Crippen molar-refractivity contribution in [3.8, 4) is 5.75 Å². The van der Waals surface area contributed by atoms with E-state index in [0.29, 0.717) is 11.3 Å². The number of ether oxygens (including phenoxy) is 1. The minimum absolute atomic E-state index is 0.323. The van der Waals surface area contributed by atoms with Crippen molar-refractivity contribution in [3.05, 3.63) is 60.6 Å². The van der Waals surface area contributed by atoms with Crippen molar-refractivity contribution < 1.29 is 9.53 Å². The molecule has 2 aromatic rings. The summed E-state index contributed by atoms with van der Waals surface area (Å²) in [6.07, 6.45) is 0. The van der Waals surface area contributed by atoms with Crippen molar-refractivity contribution in [1.29, 1.82) is 0 Å². The first-order valence-electron chi connectivity index (χ1n) is 6.13. The number of halogens is 2. The standard InChI is InChI=1S/C16H14BrIO2/c1-9-4-5-12(8-14(9)18)16(19)20-15-10(2)6-13(17)7-11(15)3/h4-8H,1-3H3. The summed E-state index contributed by atoms with van der Waals surface area (Å²) in [5, 5.41) is 0. The van der Waals surface area contributed by atoms with Crippen molar-refractivity contribution in [3.63, 3.8) is 0 Å². The van der Waals surface area contributed by atoms with Gasteiger partial charge in [0.15, 0.2) is 0 Å². The van der Waals surface area contributed by atoms with Gasteiger partial charge in [-0.25, -0.2) is 4.79 Å². The molecule has 104 valence electrons. The quantitative estimate of drug-likeness (QED) is 0.361. The molecule has 0 spiro atoms. The lowest BCUT2D eigenvalue weighted by atomic mass is 10.1. The molecule has 2 nitrogen and oxygen atoms in total. The average Bonchev–Trinajstić information content (AvgIpc) is 2.36. The van der Waals surface area contributed by atoms with Crippen molar-refractivity contribution in [1.82, 2.24) is 0 Å². The molecule has 2 rings (SSSR count). The van der Waals surface area contributed by atoms with Crippen molar-refractivity contribution in [2.75, 3.05) is 0 Å². The molecule has 0 fully saturated rings. The summed E-state index contributed by atoms with van der Waals surface area (Å²) in [6, 6.07) is 9.45. The third-order valence-electron chi connectivity index (χ3n) is 3.03. The lowest BCUT2D eigenvalue weighted by molar-refractivity contribution is 0.0732. The second-order valence-electron chi connectivity index (χ2n) is 4.72. The van der Waals surface area contributed by atoms with Gasteiger partial charge in [0.25, 0.3) is 0 Å². The van der Waals surface area contributed by atoms with Crippen molar-refractivity contribution in [2.24, 2.45) is 0 Å². The third-order valence-corrected chi connectivity index (χ3v) is 4.65. The number of aryl methyl sites for hydroxylation is 3. The maximum atomic E-state index is 12.2. The SMILES string of the molecule is Cc1ccc(C(=O)Oc2c(C)cc(Br)cc2C)cc1I. The number of carbonyl (C=O) groups is 1. The fraction of sp³-hybridized carbons (Fsp3) is 0.188. The van der Waals surface area contributed by atoms with Crippen LogP contribution in [0.25, 0.3) is 0 Å². The van der Waals surface area contributed by atoms with E-state index in [2.05, 4.69) is 38.5 Å². The van der Waals surface area contributed by atoms with Crippen LogP contribution in [0.15, 0.2) is 34.8 Å². The predicted molar refractivity (Wildman–Crippen MR) is 92.5 cm³/mol. The Morgan fingerprint density at radius 3 is 2.20 bits per heavy atom. The molecule has 0 bridgehead atoms. The zero-order valence-corrected chi connectivity index (χ0v) is 15.2. The Kier molecular flexibility index (Phi) is 4.86. The summed E-state index contributed by atoms with van der Waals surface area (Å²) in [7, 11) is 0. The molecule has 0 aliphatic rings. The maximum Gasteiger partial charge on any atom is 0.343 e. The molecule has 0 unspecified atom stereocenters. The van der Waals surface area contributed by atoms with Gasteiger partial charge in [0.2, 0.25) is 0 Å². The Labute approximate surface area is 140 Å². The highest BCUT2D eigenvalue weighted by Crippen LogP contribution is 2.28. The van der Waals surface area contributed by atoms with Crippen LogP contribution >= 0.6 is 38.5 Å². The minimum Gasteiger partial charge on any atom is -0.422 e. The van der Waals surface area contributed by atoms with Gasteiger partial charge < -0.3 is 4.74 Å². The Morgan fingerprint density at radius 1 is 1.05 bits per heavy atom. The molecule has 0 atom stereocenters. The van der Waals surface area contributed by atoms with E-state index in [0.717, 1.165) is 24.7 Å². The van der Waals surface area contributed by atoms with Gasteiger partial charge in [-0.1, -0.05) is 22.0 Å². The predicted octanol–water partition coefficient (Wildman–Crippen LogP) is 5.20. The average molecular weight is 445 g/mol. The van der Waals surface area contributed by atoms with Gasteiger partial charge in [-0.3, -0.25) is 0 Å². The molecule has 0 saturated heterocycles. The fourth-order valence-electron chi connectivity index (χ4n) is 1.93. The Balaban J connectivity index is 2.30. The van der Waals surface area contributed by atoms with Crippen molar-refractivity contribution in [2.45, 2.75) is 20.8 Å². The van der Waals surface area contributed by atoms with Gasteiger partial charge in [-0.05, 0) is 84.3 Å². The van der Waals surface area contributed by atoms with Crippen LogP contribution in [-0.4, -0.2) is 5.97 Å². The van der Waals surface area contributed by atoms with E-state index < -0.39 is 0 Å². The lowest BCUT2D eigenvalue weighted by Gasteiger charge is -2.11. The smallest absolute Gasteiger partial charge is 0.343 e. The molecule has 20 heavy (non-hydrogen) atoms. The summed E-state index contributed by atoms with van der Waals surface area (Å²) in [5.74, 6) is 0.310. The van der Waals surface area contributed by atoms with E-state index in [9.17, 15) is 4.79 Å². The molecule has 2 aromatic carbocycles. The number of hydrogen-bond donors (Lipinski definition) is 0. The monoisotopic (exact) mass is 444 g/mol. The Bertz CT molecular complexity index is 657. The number of benzene rings is 2. The highest BCUT2D eigenvalue weighted by molar-refractivity contribution is 14.1. The highest BCUT2D eigenvalue weighted by atomic mass is 127. The first-order valence-corrected chi connectivity index (χ1v) is 8.00. The van der Waals surface area contributed by atoms with E-state index in [1.54, 1.807) is 6.07 Å². The molecule has 0 saturated carbocycles. The van der Waals surface area contributed by atoms with E-state index in [-0.39, 0.29) is 5.97 Å². The van der Waals surface area contributed by atoms with Crippen LogP contribution in [0.2, 0.25) is 0 Å². The molecule has 0 heterocycles. The zero-order valence-electron chi connectivity index (χ0n) is 11.5. The van der Waals surface area contributed by atoms with Crippen LogP contribution in [0.5, 0.6) is 5.75 Å². The first kappa shape index (κ1) is 15.5. The molecule has 0 amide bonds. The van der Waals surface area contributed by atoms with E-state index >= 15 is 0 Å². The molecular formula is C16H14BrIO2. The van der Waals surface area contributed by atoms with Crippen LogP contribution in [0.1, 0.15) is 27.0 Å². The molecule has 4 heteroatoms. The number of rotatable bonds is 2. The van der Waals surface area contributed by atoms with Gasteiger partial charge in [0, 0.05) is 8.04 Å². The Hall–Kier alpha value is -0.880. The van der Waals surface area contributed by atoms with E-state index in [4.69, 9.17) is 4.74 Å². The highest BCUT2D eigenvalue weighted by Gasteiger charge is 2.13. The van der Waals surface area contributed by atoms with Crippen LogP contribution in [0.3, 0.4) is 0 Å². The number of carbonyl (C=O) groups excluding carboxylic acids is 1. The van der Waals surface area contributed by atoms with Gasteiger partial charge >= 0.3 is 5.97 Å². The molecule has 0 aromatic heterocycles. The topological polar surface area (TPSA) is 26.3 Å². The fourth-order valence-corrected chi connectivity index (χ4v) is 3.13. The van der Waals surface area contributed by atoms with Crippen LogP contribution < -0.4 is 4.74 Å². The number of esters is 1. The molecule has 0 aliphatic carbocycles. The summed E-state index contributed by atoms with van der Waals surface area (Å²) in [6.45, 7) is 5.87. The molecular weight excluding hydrogens is 431 g/mol. The molecule has 0 aliphatic heterocycles. The van der Waals surface area contributed by atoms with Crippen LogP contribution in [0, 0.1) is 24.3 Å². The van der Waals surface area contributed by atoms with Crippen molar-refractivity contribution >= 4 is 44.5 Å². The second-order valence-corrected chi connectivity index (χ2v) is 6.80. The zero-order chi connectivity index (χ0) is 14.9. The van der Waals surface area contributed by atoms with Gasteiger partial charge in [0.1, 0.15) is 5.75 Å². The maximum absolute atomic E-state index is 12.2. The summed E-state index contributed by atoms with van der Waals surface area (Å²) >= 11 is 5.65. The summed E-state index contributed by atoms with van der Waals surface area (Å²) in [5.41, 5.74) is 3.60. The van der Waals surface area contributed by atoms with Crippen LogP contribution in [0.4, 0.5) is 0 Å². The van der Waals surface area contributed by atoms with Gasteiger partial charge in [-0.2, -0.15) is 0 Å². The van der Waals surface area contributed by atoms with E-state index in [1.807, 2.05) is 45.0 Å². The normalized spacial score (nSPS) is 10.4. The largest absolute Gasteiger partial charge is 0.422 e. The minimum atomic E-state index is -0.323. The first-order chi connectivity index (χ1) is 9.38. The summed E-state index contributed by atoms with van der Waals surface area (Å²) in [4.78, 5) is 12.2. The van der Waals surface area contributed by atoms with Gasteiger partial charge in [-0.15, -0.1) is 0 Å². The Morgan fingerprint density at radius 2 is 1.65 bits per heavy atom. The van der Waals surface area contributed by atoms with Crippen LogP contribution in [-0.2, 0) is 0 Å². The van der Waals surface area contributed by atoms with Gasteiger partial charge in [0.05, 0.1) is 5.56 Å². The second kappa shape index (κ2) is 6.26. The lowest BCUT2D eigenvalue weighted by Crippen LogP contribution is -2.10. The number of hydrogen-bond acceptors (Lipinski definition) is 2.